The van der Waals surface area contributed by atoms with Crippen LogP contribution in [-0.2, 0) is 11.3 Å². The van der Waals surface area contributed by atoms with E-state index in [1.807, 2.05) is 6.07 Å². The van der Waals surface area contributed by atoms with Gasteiger partial charge >= 0.3 is 0 Å². The molecule has 19 heavy (non-hydrogen) atoms. The summed E-state index contributed by atoms with van der Waals surface area (Å²) in [5.74, 6) is 0.413. The highest BCUT2D eigenvalue weighted by Crippen LogP contribution is 2.17. The maximum atomic E-state index is 13.1. The Morgan fingerprint density at radius 1 is 1.53 bits per heavy atom. The van der Waals surface area contributed by atoms with Crippen LogP contribution in [0.3, 0.4) is 0 Å². The lowest BCUT2D eigenvalue weighted by Gasteiger charge is -2.30. The zero-order valence-electron chi connectivity index (χ0n) is 11.5. The molecule has 1 aromatic rings. The van der Waals surface area contributed by atoms with Gasteiger partial charge in [-0.2, -0.15) is 0 Å². The average molecular weight is 264 g/mol. The van der Waals surface area contributed by atoms with E-state index in [0.29, 0.717) is 12.5 Å². The van der Waals surface area contributed by atoms with E-state index in [1.54, 1.807) is 18.0 Å². The standard InChI is InChI=1S/C15H21FN2O/c1-11-6-7-17-14(8-11)15(19)18(2)10-12-4-3-5-13(16)9-12/h3-5,9,11,14,17H,6-8,10H2,1-2H3. The Kier molecular flexibility index (Phi) is 4.53. The molecular formula is C15H21FN2O. The molecule has 1 aromatic carbocycles. The topological polar surface area (TPSA) is 32.3 Å². The van der Waals surface area contributed by atoms with Gasteiger partial charge in [0.15, 0.2) is 0 Å². The molecule has 1 fully saturated rings. The molecule has 104 valence electrons. The van der Waals surface area contributed by atoms with E-state index in [9.17, 15) is 9.18 Å². The third-order valence-corrected chi connectivity index (χ3v) is 3.65. The minimum absolute atomic E-state index is 0.0933. The molecule has 2 unspecified atom stereocenters. The van der Waals surface area contributed by atoms with Crippen molar-refractivity contribution in [2.24, 2.45) is 5.92 Å². The Labute approximate surface area is 113 Å². The number of nitrogens with one attached hydrogen (secondary N) is 1. The zero-order chi connectivity index (χ0) is 13.8. The molecule has 1 saturated heterocycles. The van der Waals surface area contributed by atoms with Crippen molar-refractivity contribution in [1.29, 1.82) is 0 Å². The van der Waals surface area contributed by atoms with Crippen LogP contribution >= 0.6 is 0 Å². The molecular weight excluding hydrogens is 243 g/mol. The van der Waals surface area contributed by atoms with Crippen molar-refractivity contribution in [1.82, 2.24) is 10.2 Å². The van der Waals surface area contributed by atoms with Crippen LogP contribution in [-0.4, -0.2) is 30.4 Å². The van der Waals surface area contributed by atoms with Crippen LogP contribution in [0.4, 0.5) is 4.39 Å². The molecule has 1 N–H and O–H groups in total. The smallest absolute Gasteiger partial charge is 0.239 e. The predicted molar refractivity (Wildman–Crippen MR) is 73.1 cm³/mol. The average Bonchev–Trinajstić information content (AvgIpc) is 2.38. The van der Waals surface area contributed by atoms with Gasteiger partial charge in [-0.1, -0.05) is 19.1 Å². The molecule has 0 aliphatic carbocycles. The number of nitrogens with zero attached hydrogens (tertiary/aromatic N) is 1. The highest BCUT2D eigenvalue weighted by atomic mass is 19.1. The first-order valence-corrected chi connectivity index (χ1v) is 6.79. The fraction of sp³-hybridized carbons (Fsp3) is 0.533. The molecule has 4 heteroatoms. The van der Waals surface area contributed by atoms with Gasteiger partial charge in [0.25, 0.3) is 0 Å². The Balaban J connectivity index is 1.95. The van der Waals surface area contributed by atoms with E-state index < -0.39 is 0 Å². The number of rotatable bonds is 3. The van der Waals surface area contributed by atoms with Crippen molar-refractivity contribution in [3.8, 4) is 0 Å². The summed E-state index contributed by atoms with van der Waals surface area (Å²) in [4.78, 5) is 14.0. The summed E-state index contributed by atoms with van der Waals surface area (Å²) in [6, 6.07) is 6.30. The lowest BCUT2D eigenvalue weighted by atomic mass is 9.93. The van der Waals surface area contributed by atoms with Gasteiger partial charge in [0, 0.05) is 13.6 Å². The number of piperidine rings is 1. The first-order valence-electron chi connectivity index (χ1n) is 6.79. The number of benzene rings is 1. The van der Waals surface area contributed by atoms with E-state index in [4.69, 9.17) is 0 Å². The minimum atomic E-state index is -0.261. The van der Waals surface area contributed by atoms with Gasteiger partial charge in [-0.15, -0.1) is 0 Å². The van der Waals surface area contributed by atoms with Gasteiger partial charge in [-0.05, 0) is 43.0 Å². The second-order valence-corrected chi connectivity index (χ2v) is 5.46. The molecule has 0 aromatic heterocycles. The van der Waals surface area contributed by atoms with Crippen molar-refractivity contribution < 1.29 is 9.18 Å². The van der Waals surface area contributed by atoms with Crippen molar-refractivity contribution >= 4 is 5.91 Å². The number of carbonyl (C=O) groups excluding carboxylic acids is 1. The summed E-state index contributed by atoms with van der Waals surface area (Å²) < 4.78 is 13.1. The van der Waals surface area contributed by atoms with Crippen molar-refractivity contribution in [3.63, 3.8) is 0 Å². The van der Waals surface area contributed by atoms with Crippen LogP contribution in [0, 0.1) is 11.7 Å². The summed E-state index contributed by atoms with van der Waals surface area (Å²) in [7, 11) is 1.77. The second-order valence-electron chi connectivity index (χ2n) is 5.46. The van der Waals surface area contributed by atoms with Crippen LogP contribution < -0.4 is 5.32 Å². The third-order valence-electron chi connectivity index (χ3n) is 3.65. The maximum Gasteiger partial charge on any atom is 0.239 e. The van der Waals surface area contributed by atoms with Gasteiger partial charge in [-0.25, -0.2) is 4.39 Å². The first kappa shape index (κ1) is 14.0. The van der Waals surface area contributed by atoms with Crippen molar-refractivity contribution in [2.45, 2.75) is 32.4 Å². The Morgan fingerprint density at radius 3 is 3.00 bits per heavy atom. The molecule has 1 aliphatic rings. The number of halogens is 1. The zero-order valence-corrected chi connectivity index (χ0v) is 11.5. The van der Waals surface area contributed by atoms with Gasteiger partial charge < -0.3 is 10.2 Å². The second kappa shape index (κ2) is 6.15. The largest absolute Gasteiger partial charge is 0.340 e. The lowest BCUT2D eigenvalue weighted by Crippen LogP contribution is -2.48. The van der Waals surface area contributed by atoms with Crippen molar-refractivity contribution in [2.75, 3.05) is 13.6 Å². The highest BCUT2D eigenvalue weighted by molar-refractivity contribution is 5.81. The summed E-state index contributed by atoms with van der Waals surface area (Å²) in [6.07, 6.45) is 2.00. The molecule has 1 amide bonds. The van der Waals surface area contributed by atoms with Crippen LogP contribution in [0.1, 0.15) is 25.3 Å². The van der Waals surface area contributed by atoms with Gasteiger partial charge in [0.2, 0.25) is 5.91 Å². The van der Waals surface area contributed by atoms with E-state index >= 15 is 0 Å². The third kappa shape index (κ3) is 3.77. The van der Waals surface area contributed by atoms with E-state index in [0.717, 1.165) is 24.9 Å². The summed E-state index contributed by atoms with van der Waals surface area (Å²) in [5.41, 5.74) is 0.819. The molecule has 2 atom stereocenters. The molecule has 0 spiro atoms. The molecule has 0 radical (unpaired) electrons. The number of hydrogen-bond acceptors (Lipinski definition) is 2. The fourth-order valence-electron chi connectivity index (χ4n) is 2.55. The molecule has 1 heterocycles. The van der Waals surface area contributed by atoms with E-state index in [2.05, 4.69) is 12.2 Å². The number of likely N-dealkylation sites (N-methyl/N-ethyl adjacent to an activating group) is 1. The molecule has 3 nitrogen and oxygen atoms in total. The van der Waals surface area contributed by atoms with Gasteiger partial charge in [0.05, 0.1) is 6.04 Å². The number of amides is 1. The molecule has 0 bridgehead atoms. The Hall–Kier alpha value is -1.42. The van der Waals surface area contributed by atoms with Gasteiger partial charge in [0.1, 0.15) is 5.82 Å². The SMILES string of the molecule is CC1CCNC(C(=O)N(C)Cc2cccc(F)c2)C1. The fourth-order valence-corrected chi connectivity index (χ4v) is 2.55. The number of hydrogen-bond donors (Lipinski definition) is 1. The molecule has 0 saturated carbocycles. The minimum Gasteiger partial charge on any atom is -0.340 e. The Bertz CT molecular complexity index is 450. The lowest BCUT2D eigenvalue weighted by molar-refractivity contribution is -0.133. The highest BCUT2D eigenvalue weighted by Gasteiger charge is 2.26. The molecule has 2 rings (SSSR count). The van der Waals surface area contributed by atoms with Crippen molar-refractivity contribution in [3.05, 3.63) is 35.6 Å². The summed E-state index contributed by atoms with van der Waals surface area (Å²) >= 11 is 0. The summed E-state index contributed by atoms with van der Waals surface area (Å²) in [6.45, 7) is 3.52. The maximum absolute atomic E-state index is 13.1. The number of carbonyl (C=O) groups is 1. The normalized spacial score (nSPS) is 23.1. The molecule has 1 aliphatic heterocycles. The van der Waals surface area contributed by atoms with E-state index in [-0.39, 0.29) is 17.8 Å². The van der Waals surface area contributed by atoms with Crippen LogP contribution in [0.5, 0.6) is 0 Å². The van der Waals surface area contributed by atoms with E-state index in [1.165, 1.54) is 12.1 Å². The van der Waals surface area contributed by atoms with Gasteiger partial charge in [-0.3, -0.25) is 4.79 Å². The van der Waals surface area contributed by atoms with Crippen LogP contribution in [0.15, 0.2) is 24.3 Å². The first-order chi connectivity index (χ1) is 9.06. The predicted octanol–water partition coefficient (Wildman–Crippen LogP) is 2.17. The van der Waals surface area contributed by atoms with Crippen LogP contribution in [0.2, 0.25) is 0 Å². The Morgan fingerprint density at radius 2 is 2.32 bits per heavy atom. The van der Waals surface area contributed by atoms with Crippen LogP contribution in [0.25, 0.3) is 0 Å². The monoisotopic (exact) mass is 264 g/mol. The quantitative estimate of drug-likeness (QED) is 0.907. The summed E-state index contributed by atoms with van der Waals surface area (Å²) in [5, 5.41) is 3.26.